The van der Waals surface area contributed by atoms with Crippen molar-refractivity contribution < 1.29 is 0 Å². The Morgan fingerprint density at radius 1 is 1.15 bits per heavy atom. The Labute approximate surface area is 125 Å². The van der Waals surface area contributed by atoms with Crippen molar-refractivity contribution in [3.05, 3.63) is 35.4 Å². The van der Waals surface area contributed by atoms with Crippen molar-refractivity contribution in [2.45, 2.75) is 71.9 Å². The molecule has 0 aromatic heterocycles. The van der Waals surface area contributed by atoms with Crippen LogP contribution in [0.1, 0.15) is 70.5 Å². The third-order valence-electron chi connectivity index (χ3n) is 5.23. The van der Waals surface area contributed by atoms with Gasteiger partial charge in [-0.1, -0.05) is 51.5 Å². The van der Waals surface area contributed by atoms with Crippen LogP contribution in [0.4, 0.5) is 0 Å². The van der Waals surface area contributed by atoms with Crippen molar-refractivity contribution in [3.63, 3.8) is 0 Å². The molecule has 1 N–H and O–H groups in total. The lowest BCUT2D eigenvalue weighted by atomic mass is 9.96. The Bertz CT molecular complexity index is 395. The normalized spacial score (nSPS) is 27.7. The monoisotopic (exact) mass is 273 g/mol. The highest BCUT2D eigenvalue weighted by molar-refractivity contribution is 5.25. The molecule has 1 aromatic carbocycles. The van der Waals surface area contributed by atoms with Gasteiger partial charge in [0.2, 0.25) is 0 Å². The number of nitrogens with one attached hydrogen (secondary N) is 1. The van der Waals surface area contributed by atoms with Crippen LogP contribution in [0.5, 0.6) is 0 Å². The van der Waals surface area contributed by atoms with Crippen LogP contribution in [0.2, 0.25) is 0 Å². The fourth-order valence-electron chi connectivity index (χ4n) is 3.37. The number of benzene rings is 1. The molecule has 4 atom stereocenters. The van der Waals surface area contributed by atoms with E-state index in [-0.39, 0.29) is 0 Å². The summed E-state index contributed by atoms with van der Waals surface area (Å²) in [5.74, 6) is 1.68. The lowest BCUT2D eigenvalue weighted by Crippen LogP contribution is -2.34. The Morgan fingerprint density at radius 2 is 1.85 bits per heavy atom. The average Bonchev–Trinajstić information content (AvgIpc) is 2.77. The minimum Gasteiger partial charge on any atom is -0.307 e. The fourth-order valence-corrected chi connectivity index (χ4v) is 3.37. The van der Waals surface area contributed by atoms with Crippen LogP contribution in [0.3, 0.4) is 0 Å². The predicted molar refractivity (Wildman–Crippen MR) is 88.0 cm³/mol. The van der Waals surface area contributed by atoms with Crippen LogP contribution in [0.25, 0.3) is 0 Å². The standard InChI is InChI=1S/C19H31N/c1-5-6-7-17-9-11-18(12-10-17)16(4)20-19-13-8-14(2)15(19)3/h9-12,14-16,19-20H,5-8,13H2,1-4H3. The van der Waals surface area contributed by atoms with E-state index in [2.05, 4.69) is 57.3 Å². The molecule has 0 amide bonds. The summed E-state index contributed by atoms with van der Waals surface area (Å²) in [6, 6.07) is 10.4. The Morgan fingerprint density at radius 3 is 2.40 bits per heavy atom. The van der Waals surface area contributed by atoms with E-state index >= 15 is 0 Å². The summed E-state index contributed by atoms with van der Waals surface area (Å²) in [7, 11) is 0. The lowest BCUT2D eigenvalue weighted by Gasteiger charge is -2.24. The van der Waals surface area contributed by atoms with Crippen molar-refractivity contribution >= 4 is 0 Å². The summed E-state index contributed by atoms with van der Waals surface area (Å²) >= 11 is 0. The summed E-state index contributed by atoms with van der Waals surface area (Å²) in [5, 5.41) is 3.84. The zero-order chi connectivity index (χ0) is 14.5. The molecular formula is C19H31N. The van der Waals surface area contributed by atoms with Gasteiger partial charge in [0, 0.05) is 12.1 Å². The van der Waals surface area contributed by atoms with Gasteiger partial charge in [0.1, 0.15) is 0 Å². The van der Waals surface area contributed by atoms with Gasteiger partial charge in [0.05, 0.1) is 0 Å². The van der Waals surface area contributed by atoms with E-state index < -0.39 is 0 Å². The maximum atomic E-state index is 3.84. The van der Waals surface area contributed by atoms with Crippen LogP contribution in [0, 0.1) is 11.8 Å². The Balaban J connectivity index is 1.90. The Hall–Kier alpha value is -0.820. The second-order valence-corrected chi connectivity index (χ2v) is 6.75. The van der Waals surface area contributed by atoms with Gasteiger partial charge >= 0.3 is 0 Å². The molecule has 1 aliphatic carbocycles. The molecule has 0 saturated heterocycles. The first-order valence-electron chi connectivity index (χ1n) is 8.46. The predicted octanol–water partition coefficient (Wildman–Crippen LogP) is 5.11. The van der Waals surface area contributed by atoms with Crippen LogP contribution < -0.4 is 5.32 Å². The van der Waals surface area contributed by atoms with Gasteiger partial charge in [0.15, 0.2) is 0 Å². The minimum absolute atomic E-state index is 0.466. The second kappa shape index (κ2) is 7.26. The van der Waals surface area contributed by atoms with Crippen molar-refractivity contribution in [1.29, 1.82) is 0 Å². The van der Waals surface area contributed by atoms with E-state index in [0.717, 1.165) is 11.8 Å². The molecule has 2 rings (SSSR count). The topological polar surface area (TPSA) is 12.0 Å². The number of hydrogen-bond acceptors (Lipinski definition) is 1. The van der Waals surface area contributed by atoms with Gasteiger partial charge in [0.25, 0.3) is 0 Å². The number of unbranched alkanes of at least 4 members (excludes halogenated alkanes) is 1. The van der Waals surface area contributed by atoms with E-state index in [9.17, 15) is 0 Å². The molecule has 1 aliphatic rings. The number of rotatable bonds is 6. The highest BCUT2D eigenvalue weighted by Gasteiger charge is 2.30. The van der Waals surface area contributed by atoms with E-state index in [1.807, 2.05) is 0 Å². The molecule has 1 fully saturated rings. The van der Waals surface area contributed by atoms with Gasteiger partial charge in [-0.3, -0.25) is 0 Å². The minimum atomic E-state index is 0.466. The van der Waals surface area contributed by atoms with E-state index in [0.29, 0.717) is 12.1 Å². The lowest BCUT2D eigenvalue weighted by molar-refractivity contribution is 0.347. The summed E-state index contributed by atoms with van der Waals surface area (Å²) in [5.41, 5.74) is 2.91. The van der Waals surface area contributed by atoms with E-state index in [4.69, 9.17) is 0 Å². The molecule has 0 bridgehead atoms. The zero-order valence-corrected chi connectivity index (χ0v) is 13.7. The molecule has 0 radical (unpaired) electrons. The van der Waals surface area contributed by atoms with Gasteiger partial charge in [-0.05, 0) is 55.6 Å². The molecule has 1 heteroatoms. The van der Waals surface area contributed by atoms with Crippen LogP contribution in [-0.2, 0) is 6.42 Å². The van der Waals surface area contributed by atoms with E-state index in [1.165, 1.54) is 43.2 Å². The molecular weight excluding hydrogens is 242 g/mol. The third-order valence-corrected chi connectivity index (χ3v) is 5.23. The van der Waals surface area contributed by atoms with Gasteiger partial charge < -0.3 is 5.32 Å². The van der Waals surface area contributed by atoms with Crippen molar-refractivity contribution in [2.75, 3.05) is 0 Å². The molecule has 4 unspecified atom stereocenters. The second-order valence-electron chi connectivity index (χ2n) is 6.75. The molecule has 112 valence electrons. The van der Waals surface area contributed by atoms with Crippen LogP contribution in [0.15, 0.2) is 24.3 Å². The summed E-state index contributed by atoms with van der Waals surface area (Å²) in [6.45, 7) is 9.34. The molecule has 1 aromatic rings. The van der Waals surface area contributed by atoms with Crippen molar-refractivity contribution in [2.24, 2.45) is 11.8 Å². The van der Waals surface area contributed by atoms with Crippen molar-refractivity contribution in [1.82, 2.24) is 5.32 Å². The first-order valence-corrected chi connectivity index (χ1v) is 8.46. The molecule has 1 saturated carbocycles. The summed E-state index contributed by atoms with van der Waals surface area (Å²) in [6.07, 6.45) is 6.50. The van der Waals surface area contributed by atoms with E-state index in [1.54, 1.807) is 0 Å². The molecule has 0 spiro atoms. The first-order chi connectivity index (χ1) is 9.61. The summed E-state index contributed by atoms with van der Waals surface area (Å²) in [4.78, 5) is 0. The van der Waals surface area contributed by atoms with Gasteiger partial charge in [-0.15, -0.1) is 0 Å². The highest BCUT2D eigenvalue weighted by Crippen LogP contribution is 2.32. The SMILES string of the molecule is CCCCc1ccc(C(C)NC2CCC(C)C2C)cc1. The summed E-state index contributed by atoms with van der Waals surface area (Å²) < 4.78 is 0. The van der Waals surface area contributed by atoms with Crippen LogP contribution in [-0.4, -0.2) is 6.04 Å². The smallest absolute Gasteiger partial charge is 0.0294 e. The maximum Gasteiger partial charge on any atom is 0.0294 e. The first kappa shape index (κ1) is 15.6. The molecule has 20 heavy (non-hydrogen) atoms. The third kappa shape index (κ3) is 3.85. The largest absolute Gasteiger partial charge is 0.307 e. The average molecular weight is 273 g/mol. The number of hydrogen-bond donors (Lipinski definition) is 1. The number of aryl methyl sites for hydroxylation is 1. The molecule has 0 aliphatic heterocycles. The highest BCUT2D eigenvalue weighted by atomic mass is 15.0. The van der Waals surface area contributed by atoms with Gasteiger partial charge in [-0.25, -0.2) is 0 Å². The fraction of sp³-hybridized carbons (Fsp3) is 0.684. The molecule has 1 nitrogen and oxygen atoms in total. The van der Waals surface area contributed by atoms with Crippen molar-refractivity contribution in [3.8, 4) is 0 Å². The Kier molecular flexibility index (Phi) is 5.65. The quantitative estimate of drug-likeness (QED) is 0.759. The van der Waals surface area contributed by atoms with Crippen LogP contribution >= 0.6 is 0 Å². The molecule has 0 heterocycles. The van der Waals surface area contributed by atoms with Gasteiger partial charge in [-0.2, -0.15) is 0 Å². The maximum absolute atomic E-state index is 3.84. The zero-order valence-electron chi connectivity index (χ0n) is 13.7.